The SMILES string of the molecule is CN(C)C(C)(C)CNC(=O)c1ncccc1C(=O)O. The third-order valence-corrected chi connectivity index (χ3v) is 3.15. The van der Waals surface area contributed by atoms with Crippen LogP contribution >= 0.6 is 0 Å². The Morgan fingerprint density at radius 1 is 1.42 bits per heavy atom. The van der Waals surface area contributed by atoms with E-state index in [1.807, 2.05) is 32.8 Å². The van der Waals surface area contributed by atoms with E-state index in [1.54, 1.807) is 0 Å². The summed E-state index contributed by atoms with van der Waals surface area (Å²) in [7, 11) is 3.82. The van der Waals surface area contributed by atoms with Gasteiger partial charge in [0.2, 0.25) is 0 Å². The highest BCUT2D eigenvalue weighted by molar-refractivity contribution is 6.03. The molecule has 2 N–H and O–H groups in total. The van der Waals surface area contributed by atoms with Crippen molar-refractivity contribution in [1.82, 2.24) is 15.2 Å². The van der Waals surface area contributed by atoms with Gasteiger partial charge in [-0.2, -0.15) is 0 Å². The van der Waals surface area contributed by atoms with Gasteiger partial charge in [0.1, 0.15) is 5.69 Å². The van der Waals surface area contributed by atoms with Crippen molar-refractivity contribution in [2.24, 2.45) is 0 Å². The summed E-state index contributed by atoms with van der Waals surface area (Å²) in [6.07, 6.45) is 1.40. The van der Waals surface area contributed by atoms with Crippen LogP contribution in [0.1, 0.15) is 34.7 Å². The molecule has 1 rings (SSSR count). The minimum Gasteiger partial charge on any atom is -0.478 e. The molecule has 1 aromatic heterocycles. The molecule has 0 unspecified atom stereocenters. The van der Waals surface area contributed by atoms with Gasteiger partial charge in [-0.25, -0.2) is 4.79 Å². The molecule has 104 valence electrons. The molecule has 0 aliphatic rings. The quantitative estimate of drug-likeness (QED) is 0.824. The molecule has 1 aromatic rings. The second-order valence-corrected chi connectivity index (χ2v) is 5.09. The van der Waals surface area contributed by atoms with Crippen LogP contribution in [0.25, 0.3) is 0 Å². The number of rotatable bonds is 5. The van der Waals surface area contributed by atoms with Crippen LogP contribution < -0.4 is 5.32 Å². The number of pyridine rings is 1. The van der Waals surface area contributed by atoms with Gasteiger partial charge in [0, 0.05) is 18.3 Å². The fourth-order valence-corrected chi connectivity index (χ4v) is 1.30. The van der Waals surface area contributed by atoms with Crippen molar-refractivity contribution in [1.29, 1.82) is 0 Å². The Morgan fingerprint density at radius 3 is 2.58 bits per heavy atom. The van der Waals surface area contributed by atoms with E-state index in [-0.39, 0.29) is 16.8 Å². The van der Waals surface area contributed by atoms with Crippen LogP contribution in [-0.2, 0) is 0 Å². The van der Waals surface area contributed by atoms with Crippen molar-refractivity contribution in [2.45, 2.75) is 19.4 Å². The predicted molar refractivity (Wildman–Crippen MR) is 71.3 cm³/mol. The summed E-state index contributed by atoms with van der Waals surface area (Å²) in [6.45, 7) is 4.35. The highest BCUT2D eigenvalue weighted by Crippen LogP contribution is 2.09. The minimum atomic E-state index is -1.16. The van der Waals surface area contributed by atoms with Gasteiger partial charge in [-0.1, -0.05) is 0 Å². The molecule has 0 spiro atoms. The number of likely N-dealkylation sites (N-methyl/N-ethyl adjacent to an activating group) is 1. The van der Waals surface area contributed by atoms with Crippen LogP contribution in [0, 0.1) is 0 Å². The van der Waals surface area contributed by atoms with Crippen LogP contribution in [-0.4, -0.2) is 53.0 Å². The molecule has 6 nitrogen and oxygen atoms in total. The van der Waals surface area contributed by atoms with Crippen LogP contribution in [0.15, 0.2) is 18.3 Å². The number of aromatic nitrogens is 1. The molecule has 1 heterocycles. The minimum absolute atomic E-state index is 0.0652. The molecule has 0 fully saturated rings. The van der Waals surface area contributed by atoms with Crippen molar-refractivity contribution >= 4 is 11.9 Å². The Bertz CT molecular complexity index is 484. The fourth-order valence-electron chi connectivity index (χ4n) is 1.30. The molecule has 0 aliphatic heterocycles. The van der Waals surface area contributed by atoms with E-state index >= 15 is 0 Å². The van der Waals surface area contributed by atoms with E-state index in [0.717, 1.165) is 0 Å². The normalized spacial score (nSPS) is 11.4. The maximum absolute atomic E-state index is 12.0. The second kappa shape index (κ2) is 5.79. The largest absolute Gasteiger partial charge is 0.478 e. The zero-order valence-electron chi connectivity index (χ0n) is 11.6. The van der Waals surface area contributed by atoms with E-state index in [9.17, 15) is 9.59 Å². The van der Waals surface area contributed by atoms with Crippen LogP contribution in [0.3, 0.4) is 0 Å². The smallest absolute Gasteiger partial charge is 0.338 e. The van der Waals surface area contributed by atoms with Gasteiger partial charge in [-0.3, -0.25) is 9.78 Å². The maximum atomic E-state index is 12.0. The van der Waals surface area contributed by atoms with Crippen molar-refractivity contribution in [3.63, 3.8) is 0 Å². The molecule has 6 heteroatoms. The predicted octanol–water partition coefficient (Wildman–Crippen LogP) is 0.850. The Hall–Kier alpha value is -1.95. The van der Waals surface area contributed by atoms with Crippen molar-refractivity contribution < 1.29 is 14.7 Å². The van der Waals surface area contributed by atoms with Crippen molar-refractivity contribution in [3.8, 4) is 0 Å². The standard InChI is InChI=1S/C13H19N3O3/c1-13(2,16(3)4)8-15-11(17)10-9(12(18)19)6-5-7-14-10/h5-7H,8H2,1-4H3,(H,15,17)(H,18,19). The molecule has 0 radical (unpaired) electrons. The number of aromatic carboxylic acids is 1. The lowest BCUT2D eigenvalue weighted by atomic mass is 10.0. The first-order chi connectivity index (χ1) is 8.75. The number of nitrogens with one attached hydrogen (secondary N) is 1. The first-order valence-corrected chi connectivity index (χ1v) is 5.89. The molecule has 1 amide bonds. The lowest BCUT2D eigenvalue weighted by Gasteiger charge is -2.32. The second-order valence-electron chi connectivity index (χ2n) is 5.09. The number of carboxylic acids is 1. The lowest BCUT2D eigenvalue weighted by molar-refractivity contribution is 0.0689. The third-order valence-electron chi connectivity index (χ3n) is 3.15. The number of hydrogen-bond donors (Lipinski definition) is 2. The van der Waals surface area contributed by atoms with Crippen molar-refractivity contribution in [2.75, 3.05) is 20.6 Å². The third kappa shape index (κ3) is 3.75. The van der Waals surface area contributed by atoms with Gasteiger partial charge < -0.3 is 15.3 Å². The van der Waals surface area contributed by atoms with E-state index < -0.39 is 11.9 Å². The van der Waals surface area contributed by atoms with Gasteiger partial charge >= 0.3 is 5.97 Å². The average Bonchev–Trinajstić information content (AvgIpc) is 2.35. The fraction of sp³-hybridized carbons (Fsp3) is 0.462. The van der Waals surface area contributed by atoms with E-state index in [0.29, 0.717) is 6.54 Å². The van der Waals surface area contributed by atoms with Crippen LogP contribution in [0.5, 0.6) is 0 Å². The van der Waals surface area contributed by atoms with Crippen molar-refractivity contribution in [3.05, 3.63) is 29.6 Å². The lowest BCUT2D eigenvalue weighted by Crippen LogP contribution is -2.48. The molecule has 0 atom stereocenters. The summed E-state index contributed by atoms with van der Waals surface area (Å²) in [5.41, 5.74) is -0.388. The van der Waals surface area contributed by atoms with Crippen LogP contribution in [0.4, 0.5) is 0 Å². The number of carbonyl (C=O) groups is 2. The first-order valence-electron chi connectivity index (χ1n) is 5.89. The Morgan fingerprint density at radius 2 is 2.05 bits per heavy atom. The summed E-state index contributed by atoms with van der Waals surface area (Å²) < 4.78 is 0. The number of hydrogen-bond acceptors (Lipinski definition) is 4. The topological polar surface area (TPSA) is 82.5 Å². The summed E-state index contributed by atoms with van der Waals surface area (Å²) in [5.74, 6) is -1.64. The molecular weight excluding hydrogens is 246 g/mol. The Kier molecular flexibility index (Phi) is 4.61. The molecule has 0 bridgehead atoms. The van der Waals surface area contributed by atoms with E-state index in [4.69, 9.17) is 5.11 Å². The summed E-state index contributed by atoms with van der Waals surface area (Å²) in [5, 5.41) is 11.7. The first kappa shape index (κ1) is 15.1. The Labute approximate surface area is 112 Å². The molecule has 19 heavy (non-hydrogen) atoms. The average molecular weight is 265 g/mol. The molecule has 0 saturated carbocycles. The molecule has 0 saturated heterocycles. The summed E-state index contributed by atoms with van der Waals surface area (Å²) >= 11 is 0. The van der Waals surface area contributed by atoms with Gasteiger partial charge in [0.25, 0.3) is 5.91 Å². The number of amides is 1. The Balaban J connectivity index is 2.83. The molecule has 0 aliphatic carbocycles. The number of nitrogens with zero attached hydrogens (tertiary/aromatic N) is 2. The number of carbonyl (C=O) groups excluding carboxylic acids is 1. The molecule has 0 aromatic carbocycles. The van der Waals surface area contributed by atoms with Gasteiger partial charge in [0.15, 0.2) is 0 Å². The van der Waals surface area contributed by atoms with E-state index in [2.05, 4.69) is 10.3 Å². The zero-order chi connectivity index (χ0) is 14.6. The number of carboxylic acid groups (broad SMARTS) is 1. The van der Waals surface area contributed by atoms with E-state index in [1.165, 1.54) is 18.3 Å². The maximum Gasteiger partial charge on any atom is 0.338 e. The molecular formula is C13H19N3O3. The van der Waals surface area contributed by atoms with Gasteiger partial charge in [0.05, 0.1) is 5.56 Å². The highest BCUT2D eigenvalue weighted by atomic mass is 16.4. The summed E-state index contributed by atoms with van der Waals surface area (Å²) in [4.78, 5) is 28.8. The van der Waals surface area contributed by atoms with Gasteiger partial charge in [-0.15, -0.1) is 0 Å². The van der Waals surface area contributed by atoms with Crippen LogP contribution in [0.2, 0.25) is 0 Å². The highest BCUT2D eigenvalue weighted by Gasteiger charge is 2.23. The summed E-state index contributed by atoms with van der Waals surface area (Å²) in [6, 6.07) is 2.85. The monoisotopic (exact) mass is 265 g/mol. The zero-order valence-corrected chi connectivity index (χ0v) is 11.6. The van der Waals surface area contributed by atoms with Gasteiger partial charge in [-0.05, 0) is 40.1 Å².